The highest BCUT2D eigenvalue weighted by Gasteiger charge is 2.55. The molecule has 1 aliphatic carbocycles. The molecule has 0 bridgehead atoms. The smallest absolute Gasteiger partial charge is 0.343 e. The standard InChI is InChI=1S/C19H24O6/c1-8-10(3)24-16-11-6-4-5-7-19(11,23)25-17-13(16)12(8)9(2)15(20)14(17)18(21)22/h8,10-11,16,20,23H,4-7H2,1-3H3,(H,21,22). The molecule has 0 aromatic heterocycles. The summed E-state index contributed by atoms with van der Waals surface area (Å²) in [5.41, 5.74) is 1.89. The molecule has 0 radical (unpaired) electrons. The molecule has 25 heavy (non-hydrogen) atoms. The number of carboxylic acid groups (broad SMARTS) is 1. The number of aromatic carboxylic acids is 1. The van der Waals surface area contributed by atoms with Crippen LogP contribution < -0.4 is 4.74 Å². The van der Waals surface area contributed by atoms with Crippen molar-refractivity contribution in [2.45, 2.75) is 70.4 Å². The quantitative estimate of drug-likeness (QED) is 0.721. The van der Waals surface area contributed by atoms with Crippen molar-refractivity contribution in [1.82, 2.24) is 0 Å². The van der Waals surface area contributed by atoms with Crippen molar-refractivity contribution in [1.29, 1.82) is 0 Å². The van der Waals surface area contributed by atoms with Crippen LogP contribution >= 0.6 is 0 Å². The first-order valence-electron chi connectivity index (χ1n) is 8.95. The Morgan fingerprint density at radius 3 is 2.64 bits per heavy atom. The van der Waals surface area contributed by atoms with E-state index in [1.54, 1.807) is 6.92 Å². The summed E-state index contributed by atoms with van der Waals surface area (Å²) in [7, 11) is 0. The highest BCUT2D eigenvalue weighted by molar-refractivity contribution is 5.96. The first kappa shape index (κ1) is 16.7. The van der Waals surface area contributed by atoms with E-state index in [0.717, 1.165) is 24.8 Å². The van der Waals surface area contributed by atoms with Crippen LogP contribution in [0.5, 0.6) is 11.5 Å². The normalized spacial score (nSPS) is 36.2. The van der Waals surface area contributed by atoms with E-state index in [1.165, 1.54) is 0 Å². The third-order valence-electron chi connectivity index (χ3n) is 6.30. The van der Waals surface area contributed by atoms with E-state index in [9.17, 15) is 20.1 Å². The van der Waals surface area contributed by atoms with E-state index >= 15 is 0 Å². The number of aliphatic hydroxyl groups is 1. The fourth-order valence-electron chi connectivity index (χ4n) is 4.85. The predicted octanol–water partition coefficient (Wildman–Crippen LogP) is 3.23. The van der Waals surface area contributed by atoms with Gasteiger partial charge in [-0.2, -0.15) is 0 Å². The average molecular weight is 348 g/mol. The lowest BCUT2D eigenvalue weighted by Crippen LogP contribution is -2.54. The van der Waals surface area contributed by atoms with Crippen LogP contribution in [0.2, 0.25) is 0 Å². The van der Waals surface area contributed by atoms with Gasteiger partial charge in [0, 0.05) is 17.9 Å². The summed E-state index contributed by atoms with van der Waals surface area (Å²) in [6.07, 6.45) is 2.49. The Hall–Kier alpha value is -1.79. The minimum atomic E-state index is -1.45. The molecule has 0 amide bonds. The maximum atomic E-state index is 11.8. The number of ether oxygens (including phenoxy) is 2. The molecule has 3 N–H and O–H groups in total. The number of phenols is 1. The van der Waals surface area contributed by atoms with Gasteiger partial charge in [0.15, 0.2) is 0 Å². The summed E-state index contributed by atoms with van der Waals surface area (Å²) in [5, 5.41) is 31.3. The molecule has 3 aliphatic rings. The van der Waals surface area contributed by atoms with Crippen LogP contribution in [0.15, 0.2) is 0 Å². The molecule has 0 saturated heterocycles. The van der Waals surface area contributed by atoms with Gasteiger partial charge >= 0.3 is 5.97 Å². The molecule has 5 unspecified atom stereocenters. The fraction of sp³-hybridized carbons (Fsp3) is 0.632. The summed E-state index contributed by atoms with van der Waals surface area (Å²) in [4.78, 5) is 11.8. The van der Waals surface area contributed by atoms with Gasteiger partial charge in [0.05, 0.1) is 18.1 Å². The van der Waals surface area contributed by atoms with Gasteiger partial charge in [0.2, 0.25) is 5.79 Å². The highest BCUT2D eigenvalue weighted by atomic mass is 16.6. The molecule has 2 aliphatic heterocycles. The summed E-state index contributed by atoms with van der Waals surface area (Å²) < 4.78 is 12.2. The zero-order chi connectivity index (χ0) is 18.1. The first-order valence-corrected chi connectivity index (χ1v) is 8.95. The van der Waals surface area contributed by atoms with Crippen LogP contribution in [0.1, 0.15) is 78.6 Å². The molecular formula is C19H24O6. The van der Waals surface area contributed by atoms with E-state index in [2.05, 4.69) is 0 Å². The lowest BCUT2D eigenvalue weighted by Gasteiger charge is -2.51. The van der Waals surface area contributed by atoms with E-state index in [1.807, 2.05) is 13.8 Å². The lowest BCUT2D eigenvalue weighted by atomic mass is 9.70. The number of aromatic hydroxyl groups is 1. The summed E-state index contributed by atoms with van der Waals surface area (Å²) in [5.74, 6) is -3.14. The average Bonchev–Trinajstić information content (AvgIpc) is 2.54. The third kappa shape index (κ3) is 2.13. The number of rotatable bonds is 1. The Morgan fingerprint density at radius 2 is 1.96 bits per heavy atom. The maximum Gasteiger partial charge on any atom is 0.343 e. The van der Waals surface area contributed by atoms with Crippen molar-refractivity contribution >= 4 is 5.97 Å². The summed E-state index contributed by atoms with van der Waals surface area (Å²) in [6, 6.07) is 0. The molecule has 6 heteroatoms. The molecule has 5 atom stereocenters. The van der Waals surface area contributed by atoms with Crippen molar-refractivity contribution in [3.63, 3.8) is 0 Å². The number of hydrogen-bond donors (Lipinski definition) is 3. The molecule has 0 spiro atoms. The number of hydrogen-bond acceptors (Lipinski definition) is 5. The Kier molecular flexibility index (Phi) is 3.57. The van der Waals surface area contributed by atoms with Crippen LogP contribution in [0, 0.1) is 12.8 Å². The Balaban J connectivity index is 2.05. The van der Waals surface area contributed by atoms with E-state index in [-0.39, 0.29) is 35.0 Å². The van der Waals surface area contributed by atoms with Gasteiger partial charge < -0.3 is 24.8 Å². The van der Waals surface area contributed by atoms with Gasteiger partial charge in [0.1, 0.15) is 17.1 Å². The van der Waals surface area contributed by atoms with Crippen molar-refractivity contribution < 1.29 is 29.6 Å². The molecule has 1 saturated carbocycles. The zero-order valence-electron chi connectivity index (χ0n) is 14.7. The first-order chi connectivity index (χ1) is 11.8. The second-order valence-electron chi connectivity index (χ2n) is 7.66. The Bertz CT molecular complexity index is 757. The number of carbonyl (C=O) groups is 1. The third-order valence-corrected chi connectivity index (χ3v) is 6.30. The number of benzene rings is 1. The number of fused-ring (bicyclic) bond motifs is 2. The van der Waals surface area contributed by atoms with Crippen molar-refractivity contribution in [2.75, 3.05) is 0 Å². The van der Waals surface area contributed by atoms with Crippen LogP contribution in [0.3, 0.4) is 0 Å². The highest BCUT2D eigenvalue weighted by Crippen LogP contribution is 2.59. The van der Waals surface area contributed by atoms with Crippen LogP contribution in [0.4, 0.5) is 0 Å². The Labute approximate surface area is 146 Å². The molecule has 6 nitrogen and oxygen atoms in total. The van der Waals surface area contributed by atoms with Gasteiger partial charge in [-0.25, -0.2) is 4.79 Å². The molecule has 1 aromatic carbocycles. The van der Waals surface area contributed by atoms with E-state index in [0.29, 0.717) is 17.5 Å². The summed E-state index contributed by atoms with van der Waals surface area (Å²) >= 11 is 0. The minimum absolute atomic E-state index is 0.00266. The molecular weight excluding hydrogens is 324 g/mol. The Morgan fingerprint density at radius 1 is 1.24 bits per heavy atom. The second kappa shape index (κ2) is 5.35. The van der Waals surface area contributed by atoms with Crippen LogP contribution in [-0.4, -0.2) is 33.2 Å². The van der Waals surface area contributed by atoms with Gasteiger partial charge in [0.25, 0.3) is 0 Å². The summed E-state index contributed by atoms with van der Waals surface area (Å²) in [6.45, 7) is 5.72. The monoisotopic (exact) mass is 348 g/mol. The molecule has 1 aromatic rings. The fourth-order valence-corrected chi connectivity index (χ4v) is 4.85. The van der Waals surface area contributed by atoms with Crippen molar-refractivity contribution in [3.8, 4) is 11.5 Å². The van der Waals surface area contributed by atoms with Gasteiger partial charge in [-0.1, -0.05) is 13.3 Å². The molecule has 4 rings (SSSR count). The van der Waals surface area contributed by atoms with Crippen molar-refractivity contribution in [3.05, 3.63) is 22.3 Å². The molecule has 2 heterocycles. The zero-order valence-corrected chi connectivity index (χ0v) is 14.7. The largest absolute Gasteiger partial charge is 0.507 e. The lowest BCUT2D eigenvalue weighted by molar-refractivity contribution is -0.248. The van der Waals surface area contributed by atoms with Crippen LogP contribution in [0.25, 0.3) is 0 Å². The number of carboxylic acids is 1. The minimum Gasteiger partial charge on any atom is -0.507 e. The molecule has 136 valence electrons. The SMILES string of the molecule is Cc1c(O)c(C(=O)O)c2c3c1C(C)C(C)OC3C1CCCCC1(O)O2. The predicted molar refractivity (Wildman–Crippen MR) is 89.0 cm³/mol. The topological polar surface area (TPSA) is 96.2 Å². The van der Waals surface area contributed by atoms with Gasteiger partial charge in [-0.15, -0.1) is 0 Å². The van der Waals surface area contributed by atoms with E-state index in [4.69, 9.17) is 9.47 Å². The second-order valence-corrected chi connectivity index (χ2v) is 7.66. The van der Waals surface area contributed by atoms with E-state index < -0.39 is 17.9 Å². The van der Waals surface area contributed by atoms with Crippen molar-refractivity contribution in [2.24, 2.45) is 5.92 Å². The van der Waals surface area contributed by atoms with Gasteiger partial charge in [-0.3, -0.25) is 0 Å². The maximum absolute atomic E-state index is 11.8. The molecule has 1 fully saturated rings. The van der Waals surface area contributed by atoms with Crippen LogP contribution in [-0.2, 0) is 4.74 Å². The van der Waals surface area contributed by atoms with Gasteiger partial charge in [-0.05, 0) is 37.8 Å².